The molecule has 5 heteroatoms. The van der Waals surface area contributed by atoms with Crippen molar-refractivity contribution in [2.24, 2.45) is 12.8 Å². The van der Waals surface area contributed by atoms with Gasteiger partial charge in [-0.05, 0) is 29.3 Å². The molecule has 84 valence electrons. The van der Waals surface area contributed by atoms with E-state index >= 15 is 0 Å². The maximum Gasteiger partial charge on any atom is 0.0738 e. The van der Waals surface area contributed by atoms with Crippen molar-refractivity contribution in [3.8, 4) is 0 Å². The summed E-state index contributed by atoms with van der Waals surface area (Å²) >= 11 is 3.55. The van der Waals surface area contributed by atoms with Crippen LogP contribution in [0, 0.1) is 6.92 Å². The molecule has 1 atom stereocenters. The van der Waals surface area contributed by atoms with Gasteiger partial charge in [0.2, 0.25) is 0 Å². The summed E-state index contributed by atoms with van der Waals surface area (Å²) in [5.41, 5.74) is 8.19. The SMILES string of the molecule is Cc1nn(C)c(CC2(N)CCOC2)c1Br. The molecule has 1 unspecified atom stereocenters. The van der Waals surface area contributed by atoms with E-state index in [9.17, 15) is 0 Å². The monoisotopic (exact) mass is 273 g/mol. The Morgan fingerprint density at radius 2 is 2.40 bits per heavy atom. The highest BCUT2D eigenvalue weighted by Gasteiger charge is 2.32. The van der Waals surface area contributed by atoms with Gasteiger partial charge in [-0.1, -0.05) is 0 Å². The second-order valence-electron chi connectivity index (χ2n) is 4.31. The van der Waals surface area contributed by atoms with Crippen LogP contribution in [0.2, 0.25) is 0 Å². The lowest BCUT2D eigenvalue weighted by Crippen LogP contribution is -2.43. The molecule has 2 rings (SSSR count). The molecule has 0 spiro atoms. The first kappa shape index (κ1) is 11.1. The van der Waals surface area contributed by atoms with Crippen LogP contribution in [0.25, 0.3) is 0 Å². The number of hydrogen-bond donors (Lipinski definition) is 1. The first-order valence-corrected chi connectivity index (χ1v) is 5.86. The minimum Gasteiger partial charge on any atom is -0.379 e. The van der Waals surface area contributed by atoms with E-state index in [0.717, 1.165) is 35.3 Å². The average Bonchev–Trinajstić information content (AvgIpc) is 2.68. The molecule has 0 aliphatic carbocycles. The second kappa shape index (κ2) is 3.88. The third-order valence-corrected chi connectivity index (χ3v) is 3.95. The predicted molar refractivity (Wildman–Crippen MR) is 61.7 cm³/mol. The summed E-state index contributed by atoms with van der Waals surface area (Å²) in [6.07, 6.45) is 1.73. The minimum atomic E-state index is -0.219. The molecule has 15 heavy (non-hydrogen) atoms. The van der Waals surface area contributed by atoms with Gasteiger partial charge in [-0.2, -0.15) is 5.10 Å². The molecule has 1 fully saturated rings. The lowest BCUT2D eigenvalue weighted by molar-refractivity contribution is 0.177. The molecule has 1 aliphatic heterocycles. The second-order valence-corrected chi connectivity index (χ2v) is 5.10. The van der Waals surface area contributed by atoms with Gasteiger partial charge in [0.15, 0.2) is 0 Å². The number of ether oxygens (including phenoxy) is 1. The molecule has 0 saturated carbocycles. The summed E-state index contributed by atoms with van der Waals surface area (Å²) in [4.78, 5) is 0. The maximum absolute atomic E-state index is 6.25. The van der Waals surface area contributed by atoms with Crippen LogP contribution in [0.15, 0.2) is 4.47 Å². The lowest BCUT2D eigenvalue weighted by atomic mass is 9.94. The first-order chi connectivity index (χ1) is 7.02. The number of hydrogen-bond acceptors (Lipinski definition) is 3. The molecule has 0 amide bonds. The zero-order valence-corrected chi connectivity index (χ0v) is 10.7. The Morgan fingerprint density at radius 1 is 1.67 bits per heavy atom. The van der Waals surface area contributed by atoms with E-state index in [4.69, 9.17) is 10.5 Å². The molecule has 0 bridgehead atoms. The summed E-state index contributed by atoms with van der Waals surface area (Å²) in [6.45, 7) is 3.40. The molecular weight excluding hydrogens is 258 g/mol. The number of aromatic nitrogens is 2. The van der Waals surface area contributed by atoms with Gasteiger partial charge in [0, 0.05) is 25.6 Å². The summed E-state index contributed by atoms with van der Waals surface area (Å²) in [5, 5.41) is 4.36. The van der Waals surface area contributed by atoms with Crippen LogP contribution in [0.1, 0.15) is 17.8 Å². The quantitative estimate of drug-likeness (QED) is 0.880. The van der Waals surface area contributed by atoms with Gasteiger partial charge < -0.3 is 10.5 Å². The maximum atomic E-state index is 6.25. The number of aryl methyl sites for hydroxylation is 2. The van der Waals surface area contributed by atoms with Gasteiger partial charge >= 0.3 is 0 Å². The Morgan fingerprint density at radius 3 is 2.87 bits per heavy atom. The van der Waals surface area contributed by atoms with E-state index < -0.39 is 0 Å². The number of nitrogens with two attached hydrogens (primary N) is 1. The van der Waals surface area contributed by atoms with Gasteiger partial charge in [-0.25, -0.2) is 0 Å². The highest BCUT2D eigenvalue weighted by atomic mass is 79.9. The molecule has 2 heterocycles. The van der Waals surface area contributed by atoms with Gasteiger partial charge in [0.05, 0.1) is 22.5 Å². The number of rotatable bonds is 2. The average molecular weight is 274 g/mol. The smallest absolute Gasteiger partial charge is 0.0738 e. The van der Waals surface area contributed by atoms with E-state index in [1.54, 1.807) is 0 Å². The zero-order chi connectivity index (χ0) is 11.1. The first-order valence-electron chi connectivity index (χ1n) is 5.06. The fourth-order valence-electron chi connectivity index (χ4n) is 1.97. The normalized spacial score (nSPS) is 26.1. The molecule has 0 aromatic carbocycles. The summed E-state index contributed by atoms with van der Waals surface area (Å²) < 4.78 is 8.32. The number of halogens is 1. The van der Waals surface area contributed by atoms with Crippen molar-refractivity contribution < 1.29 is 4.74 Å². The molecule has 1 aliphatic rings. The van der Waals surface area contributed by atoms with Crippen molar-refractivity contribution in [3.63, 3.8) is 0 Å². The molecule has 2 N–H and O–H groups in total. The fourth-order valence-corrected chi connectivity index (χ4v) is 2.44. The van der Waals surface area contributed by atoms with Crippen molar-refractivity contribution >= 4 is 15.9 Å². The van der Waals surface area contributed by atoms with Crippen molar-refractivity contribution in [3.05, 3.63) is 15.9 Å². The molecular formula is C10H16BrN3O. The highest BCUT2D eigenvalue weighted by Crippen LogP contribution is 2.27. The minimum absolute atomic E-state index is 0.219. The van der Waals surface area contributed by atoms with Crippen LogP contribution in [0.5, 0.6) is 0 Å². The molecule has 1 saturated heterocycles. The third kappa shape index (κ3) is 2.09. The molecule has 4 nitrogen and oxygen atoms in total. The summed E-state index contributed by atoms with van der Waals surface area (Å²) in [5.74, 6) is 0. The van der Waals surface area contributed by atoms with Crippen LogP contribution in [-0.2, 0) is 18.2 Å². The van der Waals surface area contributed by atoms with E-state index in [1.807, 2.05) is 18.7 Å². The summed E-state index contributed by atoms with van der Waals surface area (Å²) in [6, 6.07) is 0. The zero-order valence-electron chi connectivity index (χ0n) is 9.09. The Balaban J connectivity index is 2.23. The van der Waals surface area contributed by atoms with Crippen molar-refractivity contribution in [1.82, 2.24) is 9.78 Å². The van der Waals surface area contributed by atoms with Crippen molar-refractivity contribution in [2.45, 2.75) is 25.3 Å². The van der Waals surface area contributed by atoms with E-state index in [2.05, 4.69) is 21.0 Å². The van der Waals surface area contributed by atoms with E-state index in [0.29, 0.717) is 6.61 Å². The fraction of sp³-hybridized carbons (Fsp3) is 0.700. The molecule has 1 aromatic rings. The van der Waals surface area contributed by atoms with Gasteiger partial charge in [-0.15, -0.1) is 0 Å². The number of nitrogens with zero attached hydrogens (tertiary/aromatic N) is 2. The summed E-state index contributed by atoms with van der Waals surface area (Å²) in [7, 11) is 1.95. The van der Waals surface area contributed by atoms with Crippen molar-refractivity contribution in [2.75, 3.05) is 13.2 Å². The molecule has 0 radical (unpaired) electrons. The Kier molecular flexibility index (Phi) is 2.87. The van der Waals surface area contributed by atoms with Crippen molar-refractivity contribution in [1.29, 1.82) is 0 Å². The highest BCUT2D eigenvalue weighted by molar-refractivity contribution is 9.10. The van der Waals surface area contributed by atoms with E-state index in [-0.39, 0.29) is 5.54 Å². The van der Waals surface area contributed by atoms with Gasteiger partial charge in [0.25, 0.3) is 0 Å². The Bertz CT molecular complexity index is 369. The Hall–Kier alpha value is -0.390. The topological polar surface area (TPSA) is 53.1 Å². The molecule has 1 aromatic heterocycles. The van der Waals surface area contributed by atoms with Crippen LogP contribution in [-0.4, -0.2) is 28.5 Å². The lowest BCUT2D eigenvalue weighted by Gasteiger charge is -2.21. The predicted octanol–water partition coefficient (Wildman–Crippen LogP) is 1.15. The van der Waals surface area contributed by atoms with Crippen LogP contribution in [0.3, 0.4) is 0 Å². The van der Waals surface area contributed by atoms with Crippen LogP contribution in [0.4, 0.5) is 0 Å². The Labute approximate surface area is 97.9 Å². The van der Waals surface area contributed by atoms with Crippen LogP contribution >= 0.6 is 15.9 Å². The largest absolute Gasteiger partial charge is 0.379 e. The van der Waals surface area contributed by atoms with Gasteiger partial charge in [-0.3, -0.25) is 4.68 Å². The van der Waals surface area contributed by atoms with Gasteiger partial charge in [0.1, 0.15) is 0 Å². The van der Waals surface area contributed by atoms with Crippen LogP contribution < -0.4 is 5.73 Å². The van der Waals surface area contributed by atoms with E-state index in [1.165, 1.54) is 0 Å². The standard InChI is InChI=1S/C10H16BrN3O/c1-7-9(11)8(14(2)13-7)5-10(12)3-4-15-6-10/h3-6,12H2,1-2H3. The third-order valence-electron chi connectivity index (χ3n) is 2.91.